The maximum absolute atomic E-state index is 13.0. The number of para-hydroxylation sites is 2. The van der Waals surface area contributed by atoms with Gasteiger partial charge >= 0.3 is 0 Å². The molecule has 0 aliphatic carbocycles. The monoisotopic (exact) mass is 480 g/mol. The van der Waals surface area contributed by atoms with Gasteiger partial charge in [-0.3, -0.25) is 9.59 Å². The Kier molecular flexibility index (Phi) is 7.45. The third kappa shape index (κ3) is 5.34. The number of ether oxygens (including phenoxy) is 4. The van der Waals surface area contributed by atoms with E-state index in [1.54, 1.807) is 60.4 Å². The van der Waals surface area contributed by atoms with Crippen molar-refractivity contribution >= 4 is 11.8 Å². The molecule has 184 valence electrons. The second-order valence-electron chi connectivity index (χ2n) is 7.86. The van der Waals surface area contributed by atoms with Gasteiger partial charge in [0, 0.05) is 32.2 Å². The molecule has 1 aromatic heterocycles. The summed E-state index contributed by atoms with van der Waals surface area (Å²) in [6.07, 6.45) is 0. The predicted molar refractivity (Wildman–Crippen MR) is 127 cm³/mol. The Bertz CT molecular complexity index is 1180. The smallest absolute Gasteiger partial charge is 0.289 e. The van der Waals surface area contributed by atoms with Crippen molar-refractivity contribution in [3.8, 4) is 23.0 Å². The van der Waals surface area contributed by atoms with Crippen LogP contribution in [0, 0.1) is 0 Å². The average Bonchev–Trinajstić information content (AvgIpc) is 3.40. The van der Waals surface area contributed by atoms with Gasteiger partial charge in [0.15, 0.2) is 17.3 Å². The molecule has 2 aromatic carbocycles. The molecule has 2 amide bonds. The Balaban J connectivity index is 1.33. The minimum Gasteiger partial charge on any atom is -0.497 e. The van der Waals surface area contributed by atoms with E-state index in [9.17, 15) is 9.59 Å². The SMILES string of the molecule is COc1ccc(C(=O)N2CCN(C(=O)c3ccc(COc4ccccc4OC)o3)CC2)c(OC)c1. The van der Waals surface area contributed by atoms with Crippen LogP contribution in [0.25, 0.3) is 0 Å². The molecular formula is C26H28N2O7. The van der Waals surface area contributed by atoms with Gasteiger partial charge in [-0.25, -0.2) is 0 Å². The van der Waals surface area contributed by atoms with Gasteiger partial charge in [-0.2, -0.15) is 0 Å². The zero-order valence-corrected chi connectivity index (χ0v) is 20.0. The van der Waals surface area contributed by atoms with Gasteiger partial charge in [0.2, 0.25) is 0 Å². The Hall–Kier alpha value is -4.14. The molecule has 1 aliphatic rings. The van der Waals surface area contributed by atoms with Gasteiger partial charge < -0.3 is 33.2 Å². The molecule has 9 heteroatoms. The highest BCUT2D eigenvalue weighted by molar-refractivity contribution is 5.97. The van der Waals surface area contributed by atoms with E-state index in [1.165, 1.54) is 7.11 Å². The van der Waals surface area contributed by atoms with Crippen LogP contribution in [0.2, 0.25) is 0 Å². The summed E-state index contributed by atoms with van der Waals surface area (Å²) in [5.41, 5.74) is 0.457. The fourth-order valence-electron chi connectivity index (χ4n) is 3.87. The molecule has 0 saturated carbocycles. The number of nitrogens with zero attached hydrogens (tertiary/aromatic N) is 2. The first kappa shape index (κ1) is 24.0. The van der Waals surface area contributed by atoms with Crippen molar-refractivity contribution in [2.24, 2.45) is 0 Å². The van der Waals surface area contributed by atoms with Gasteiger partial charge in [-0.05, 0) is 36.4 Å². The lowest BCUT2D eigenvalue weighted by atomic mass is 10.1. The summed E-state index contributed by atoms with van der Waals surface area (Å²) in [7, 11) is 4.65. The summed E-state index contributed by atoms with van der Waals surface area (Å²) < 4.78 is 27.3. The molecule has 0 unspecified atom stereocenters. The Morgan fingerprint density at radius 2 is 1.43 bits per heavy atom. The molecule has 1 fully saturated rings. The molecular weight excluding hydrogens is 452 g/mol. The standard InChI is InChI=1S/C26H28N2O7/c1-31-18-8-10-20(24(16-18)33-3)25(29)27-12-14-28(15-13-27)26(30)23-11-9-19(35-23)17-34-22-7-5-4-6-21(22)32-2/h4-11,16H,12-15,17H2,1-3H3. The van der Waals surface area contributed by atoms with Crippen molar-refractivity contribution in [2.45, 2.75) is 6.61 Å². The molecule has 0 bridgehead atoms. The number of amides is 2. The third-order valence-corrected chi connectivity index (χ3v) is 5.80. The van der Waals surface area contributed by atoms with Crippen LogP contribution in [-0.2, 0) is 6.61 Å². The lowest BCUT2D eigenvalue weighted by Crippen LogP contribution is -2.50. The predicted octanol–water partition coefficient (Wildman–Crippen LogP) is 3.48. The van der Waals surface area contributed by atoms with Crippen LogP contribution in [-0.4, -0.2) is 69.1 Å². The first-order chi connectivity index (χ1) is 17.0. The number of hydrogen-bond acceptors (Lipinski definition) is 7. The average molecular weight is 481 g/mol. The summed E-state index contributed by atoms with van der Waals surface area (Å²) in [5, 5.41) is 0. The molecule has 35 heavy (non-hydrogen) atoms. The second kappa shape index (κ2) is 10.9. The van der Waals surface area contributed by atoms with Crippen LogP contribution < -0.4 is 18.9 Å². The molecule has 9 nitrogen and oxygen atoms in total. The number of hydrogen-bond donors (Lipinski definition) is 0. The van der Waals surface area contributed by atoms with E-state index in [-0.39, 0.29) is 24.2 Å². The van der Waals surface area contributed by atoms with Gasteiger partial charge in [-0.1, -0.05) is 12.1 Å². The largest absolute Gasteiger partial charge is 0.497 e. The number of furan rings is 1. The Morgan fingerprint density at radius 1 is 0.771 bits per heavy atom. The molecule has 0 spiro atoms. The van der Waals surface area contributed by atoms with E-state index < -0.39 is 0 Å². The van der Waals surface area contributed by atoms with Crippen LogP contribution in [0.3, 0.4) is 0 Å². The second-order valence-corrected chi connectivity index (χ2v) is 7.86. The molecule has 0 N–H and O–H groups in total. The molecule has 3 aromatic rings. The highest BCUT2D eigenvalue weighted by Crippen LogP contribution is 2.28. The van der Waals surface area contributed by atoms with Crippen molar-refractivity contribution in [1.82, 2.24) is 9.80 Å². The Morgan fingerprint density at radius 3 is 2.09 bits per heavy atom. The number of carbonyl (C=O) groups is 2. The minimum atomic E-state index is -0.220. The van der Waals surface area contributed by atoms with Crippen molar-refractivity contribution in [3.05, 3.63) is 71.7 Å². The molecule has 4 rings (SSSR count). The van der Waals surface area contributed by atoms with Crippen molar-refractivity contribution in [1.29, 1.82) is 0 Å². The van der Waals surface area contributed by atoms with Crippen LogP contribution in [0.4, 0.5) is 0 Å². The quantitative estimate of drug-likeness (QED) is 0.488. The topological polar surface area (TPSA) is 90.7 Å². The van der Waals surface area contributed by atoms with Gasteiger partial charge in [0.1, 0.15) is 23.9 Å². The molecule has 0 atom stereocenters. The normalized spacial score (nSPS) is 13.3. The fourth-order valence-corrected chi connectivity index (χ4v) is 3.87. The van der Waals surface area contributed by atoms with Crippen LogP contribution in [0.5, 0.6) is 23.0 Å². The van der Waals surface area contributed by atoms with Crippen LogP contribution in [0.1, 0.15) is 26.7 Å². The molecule has 2 heterocycles. The molecule has 0 radical (unpaired) electrons. The van der Waals surface area contributed by atoms with E-state index in [2.05, 4.69) is 0 Å². The summed E-state index contributed by atoms with van der Waals surface area (Å²) in [6, 6.07) is 15.8. The zero-order valence-electron chi connectivity index (χ0n) is 20.0. The van der Waals surface area contributed by atoms with Gasteiger partial charge in [0.05, 0.1) is 26.9 Å². The van der Waals surface area contributed by atoms with E-state index in [0.29, 0.717) is 60.5 Å². The van der Waals surface area contributed by atoms with E-state index in [0.717, 1.165) is 0 Å². The minimum absolute atomic E-state index is 0.148. The number of piperazine rings is 1. The maximum atomic E-state index is 13.0. The lowest BCUT2D eigenvalue weighted by Gasteiger charge is -2.34. The van der Waals surface area contributed by atoms with Gasteiger partial charge in [-0.15, -0.1) is 0 Å². The first-order valence-corrected chi connectivity index (χ1v) is 11.2. The van der Waals surface area contributed by atoms with Crippen molar-refractivity contribution in [2.75, 3.05) is 47.5 Å². The third-order valence-electron chi connectivity index (χ3n) is 5.80. The maximum Gasteiger partial charge on any atom is 0.289 e. The number of rotatable bonds is 8. The summed E-state index contributed by atoms with van der Waals surface area (Å²) >= 11 is 0. The van der Waals surface area contributed by atoms with E-state index >= 15 is 0 Å². The van der Waals surface area contributed by atoms with Crippen molar-refractivity contribution in [3.63, 3.8) is 0 Å². The number of benzene rings is 2. The highest BCUT2D eigenvalue weighted by Gasteiger charge is 2.28. The summed E-state index contributed by atoms with van der Waals surface area (Å²) in [4.78, 5) is 29.4. The summed E-state index contributed by atoms with van der Waals surface area (Å²) in [5.74, 6) is 2.67. The van der Waals surface area contributed by atoms with Crippen LogP contribution in [0.15, 0.2) is 59.0 Å². The number of methoxy groups -OCH3 is 3. The molecule has 1 saturated heterocycles. The van der Waals surface area contributed by atoms with Crippen molar-refractivity contribution < 1.29 is 33.0 Å². The lowest BCUT2D eigenvalue weighted by molar-refractivity contribution is 0.0514. The fraction of sp³-hybridized carbons (Fsp3) is 0.308. The highest BCUT2D eigenvalue weighted by atomic mass is 16.5. The van der Waals surface area contributed by atoms with E-state index in [4.69, 9.17) is 23.4 Å². The Labute approximate surface area is 203 Å². The zero-order chi connectivity index (χ0) is 24.8. The molecule has 1 aliphatic heterocycles. The first-order valence-electron chi connectivity index (χ1n) is 11.2. The van der Waals surface area contributed by atoms with Crippen LogP contribution >= 0.6 is 0 Å². The van der Waals surface area contributed by atoms with Gasteiger partial charge in [0.25, 0.3) is 11.8 Å². The van der Waals surface area contributed by atoms with E-state index in [1.807, 2.05) is 18.2 Å². The number of carbonyl (C=O) groups excluding carboxylic acids is 2. The summed E-state index contributed by atoms with van der Waals surface area (Å²) in [6.45, 7) is 1.78.